The van der Waals surface area contributed by atoms with Crippen molar-refractivity contribution in [2.45, 2.75) is 0 Å². The zero-order valence-corrected chi connectivity index (χ0v) is 5.23. The molecule has 0 saturated carbocycles. The highest BCUT2D eigenvalue weighted by atomic mass is 16.0. The molecule has 2 heteroatoms. The molecular formula is C5H14NO+. The molecule has 0 spiro atoms. The molecular weight excluding hydrogens is 90.1 g/mol. The van der Waals surface area contributed by atoms with Gasteiger partial charge < -0.3 is 9.96 Å². The molecule has 2 N–H and O–H groups in total. The summed E-state index contributed by atoms with van der Waals surface area (Å²) in [5.41, 5.74) is 0. The van der Waals surface area contributed by atoms with Gasteiger partial charge >= 0.3 is 0 Å². The first kappa shape index (κ1) is 9.83. The Labute approximate surface area is 45.0 Å². The van der Waals surface area contributed by atoms with E-state index in [2.05, 4.69) is 27.7 Å². The molecule has 0 atom stereocenters. The summed E-state index contributed by atoms with van der Waals surface area (Å²) in [7, 11) is 6.19. The van der Waals surface area contributed by atoms with Crippen molar-refractivity contribution in [2.75, 3.05) is 21.1 Å². The van der Waals surface area contributed by atoms with Crippen molar-refractivity contribution >= 4 is 0 Å². The lowest BCUT2D eigenvalue weighted by atomic mass is 10.7. The van der Waals surface area contributed by atoms with Crippen molar-refractivity contribution in [3.05, 3.63) is 12.8 Å². The fraction of sp³-hybridized carbons (Fsp3) is 0.600. The summed E-state index contributed by atoms with van der Waals surface area (Å²) in [6.45, 7) is 3.60. The highest BCUT2D eigenvalue weighted by molar-refractivity contribution is 4.46. The van der Waals surface area contributed by atoms with E-state index in [4.69, 9.17) is 0 Å². The fourth-order valence-electron chi connectivity index (χ4n) is 0. The third-order valence-corrected chi connectivity index (χ3v) is 0.548. The van der Waals surface area contributed by atoms with Gasteiger partial charge in [-0.25, -0.2) is 0 Å². The Bertz CT molecular complexity index is 53.6. The Morgan fingerprint density at radius 3 is 1.43 bits per heavy atom. The van der Waals surface area contributed by atoms with Crippen molar-refractivity contribution < 1.29 is 9.96 Å². The van der Waals surface area contributed by atoms with Crippen LogP contribution in [0.5, 0.6) is 0 Å². The average molecular weight is 104 g/mol. The standard InChI is InChI=1S/C5H12N.H2O/c1-5-6(2,3)4;/h5H,1H2,2-4H3;1H2/q+1;. The molecule has 0 amide bonds. The first-order valence-corrected chi connectivity index (χ1v) is 2.01. The second kappa shape index (κ2) is 2.77. The summed E-state index contributed by atoms with van der Waals surface area (Å²) in [5.74, 6) is 0. The zero-order chi connectivity index (χ0) is 5.21. The Morgan fingerprint density at radius 1 is 1.29 bits per heavy atom. The van der Waals surface area contributed by atoms with Crippen molar-refractivity contribution in [1.82, 2.24) is 0 Å². The van der Waals surface area contributed by atoms with Crippen LogP contribution in [0.3, 0.4) is 0 Å². The summed E-state index contributed by atoms with van der Waals surface area (Å²) in [5, 5.41) is 0. The molecule has 7 heavy (non-hydrogen) atoms. The van der Waals surface area contributed by atoms with Gasteiger partial charge in [0.2, 0.25) is 0 Å². The number of nitrogens with zero attached hydrogens (tertiary/aromatic N) is 1. The highest BCUT2D eigenvalue weighted by Gasteiger charge is 1.94. The summed E-state index contributed by atoms with van der Waals surface area (Å²) in [6.07, 6.45) is 1.88. The minimum absolute atomic E-state index is 0. The maximum atomic E-state index is 3.60. The van der Waals surface area contributed by atoms with Crippen LogP contribution in [0.15, 0.2) is 12.8 Å². The third-order valence-electron chi connectivity index (χ3n) is 0.548. The van der Waals surface area contributed by atoms with Gasteiger partial charge in [0.25, 0.3) is 0 Å². The lowest BCUT2D eigenvalue weighted by molar-refractivity contribution is -0.816. The normalized spacial score (nSPS) is 9.57. The summed E-state index contributed by atoms with van der Waals surface area (Å²) in [6, 6.07) is 0. The van der Waals surface area contributed by atoms with Crippen LogP contribution in [0, 0.1) is 0 Å². The fourth-order valence-corrected chi connectivity index (χ4v) is 0. The Hall–Kier alpha value is -0.340. The molecule has 0 aliphatic rings. The molecule has 0 aromatic heterocycles. The summed E-state index contributed by atoms with van der Waals surface area (Å²) in [4.78, 5) is 0. The minimum atomic E-state index is 0. The first-order valence-electron chi connectivity index (χ1n) is 2.01. The molecule has 0 unspecified atom stereocenters. The van der Waals surface area contributed by atoms with E-state index in [1.54, 1.807) is 0 Å². The van der Waals surface area contributed by atoms with E-state index in [0.717, 1.165) is 4.48 Å². The van der Waals surface area contributed by atoms with Gasteiger partial charge in [-0.15, -0.1) is 0 Å². The molecule has 2 nitrogen and oxygen atoms in total. The molecule has 0 fully saturated rings. The maximum absolute atomic E-state index is 3.60. The quantitative estimate of drug-likeness (QED) is 0.420. The predicted octanol–water partition coefficient (Wildman–Crippen LogP) is 0.0114. The van der Waals surface area contributed by atoms with Crippen LogP contribution in [-0.4, -0.2) is 31.1 Å². The molecule has 0 aliphatic carbocycles. The van der Waals surface area contributed by atoms with E-state index in [1.807, 2.05) is 6.20 Å². The number of hydrogen-bond acceptors (Lipinski definition) is 0. The van der Waals surface area contributed by atoms with Crippen LogP contribution in [-0.2, 0) is 0 Å². The largest absolute Gasteiger partial charge is 0.412 e. The van der Waals surface area contributed by atoms with E-state index in [1.165, 1.54) is 0 Å². The average Bonchev–Trinajstić information content (AvgIpc) is 1.35. The van der Waals surface area contributed by atoms with Crippen molar-refractivity contribution in [3.63, 3.8) is 0 Å². The van der Waals surface area contributed by atoms with Crippen LogP contribution < -0.4 is 0 Å². The molecule has 0 rings (SSSR count). The van der Waals surface area contributed by atoms with Crippen molar-refractivity contribution in [2.24, 2.45) is 0 Å². The molecule has 44 valence electrons. The molecule has 0 saturated heterocycles. The highest BCUT2D eigenvalue weighted by Crippen LogP contribution is 1.85. The SMILES string of the molecule is C=C[N+](C)(C)C.O. The second-order valence-electron chi connectivity index (χ2n) is 2.30. The molecule has 0 aromatic rings. The van der Waals surface area contributed by atoms with Crippen LogP contribution in [0.25, 0.3) is 0 Å². The number of rotatable bonds is 1. The number of quaternary nitrogens is 1. The lowest BCUT2D eigenvalue weighted by Gasteiger charge is -2.15. The summed E-state index contributed by atoms with van der Waals surface area (Å²) >= 11 is 0. The third kappa shape index (κ3) is 10.7. The molecule has 0 radical (unpaired) electrons. The second-order valence-corrected chi connectivity index (χ2v) is 2.30. The Kier molecular flexibility index (Phi) is 3.89. The van der Waals surface area contributed by atoms with Crippen molar-refractivity contribution in [3.8, 4) is 0 Å². The van der Waals surface area contributed by atoms with Crippen molar-refractivity contribution in [1.29, 1.82) is 0 Å². The van der Waals surface area contributed by atoms with Gasteiger partial charge in [0.1, 0.15) is 0 Å². The van der Waals surface area contributed by atoms with E-state index in [0.29, 0.717) is 0 Å². The number of hydrogen-bond donors (Lipinski definition) is 0. The Morgan fingerprint density at radius 2 is 1.43 bits per heavy atom. The van der Waals surface area contributed by atoms with E-state index in [-0.39, 0.29) is 5.48 Å². The molecule has 0 aliphatic heterocycles. The predicted molar refractivity (Wildman–Crippen MR) is 31.8 cm³/mol. The van der Waals surface area contributed by atoms with Crippen LogP contribution in [0.4, 0.5) is 0 Å². The van der Waals surface area contributed by atoms with Gasteiger partial charge in [0, 0.05) is 0 Å². The smallest absolute Gasteiger partial charge is 0.0879 e. The van der Waals surface area contributed by atoms with Gasteiger partial charge in [-0.3, -0.25) is 0 Å². The van der Waals surface area contributed by atoms with Gasteiger partial charge in [0.05, 0.1) is 27.3 Å². The van der Waals surface area contributed by atoms with Gasteiger partial charge in [-0.1, -0.05) is 0 Å². The van der Waals surface area contributed by atoms with Crippen LogP contribution in [0.1, 0.15) is 0 Å². The maximum Gasteiger partial charge on any atom is 0.0879 e. The monoisotopic (exact) mass is 104 g/mol. The first-order chi connectivity index (χ1) is 2.56. The van der Waals surface area contributed by atoms with E-state index in [9.17, 15) is 0 Å². The topological polar surface area (TPSA) is 31.5 Å². The zero-order valence-electron chi connectivity index (χ0n) is 5.23. The Balaban J connectivity index is 0. The van der Waals surface area contributed by atoms with E-state index >= 15 is 0 Å². The van der Waals surface area contributed by atoms with Crippen LogP contribution >= 0.6 is 0 Å². The molecule has 0 heterocycles. The lowest BCUT2D eigenvalue weighted by Crippen LogP contribution is -2.25. The molecule has 0 bridgehead atoms. The van der Waals surface area contributed by atoms with Gasteiger partial charge in [-0.05, 0) is 6.58 Å². The minimum Gasteiger partial charge on any atom is -0.412 e. The van der Waals surface area contributed by atoms with Gasteiger partial charge in [0.15, 0.2) is 0 Å². The summed E-state index contributed by atoms with van der Waals surface area (Å²) < 4.78 is 0.833. The van der Waals surface area contributed by atoms with Crippen LogP contribution in [0.2, 0.25) is 0 Å². The van der Waals surface area contributed by atoms with Gasteiger partial charge in [-0.2, -0.15) is 0 Å². The van der Waals surface area contributed by atoms with E-state index < -0.39 is 0 Å². The molecule has 0 aromatic carbocycles.